The molecular formula is C12H18O9S3. The van der Waals surface area contributed by atoms with Gasteiger partial charge in [0, 0.05) is 0 Å². The van der Waals surface area contributed by atoms with Crippen molar-refractivity contribution in [1.82, 2.24) is 0 Å². The van der Waals surface area contributed by atoms with E-state index in [4.69, 9.17) is 0 Å². The van der Waals surface area contributed by atoms with Crippen LogP contribution in [0.2, 0.25) is 0 Å². The molecule has 0 fully saturated rings. The minimum Gasteiger partial charge on any atom is -0.265 e. The summed E-state index contributed by atoms with van der Waals surface area (Å²) in [6.07, 6.45) is 2.66. The van der Waals surface area contributed by atoms with Crippen molar-refractivity contribution in [3.63, 3.8) is 0 Å². The molecule has 0 spiro atoms. The van der Waals surface area contributed by atoms with Gasteiger partial charge in [0.25, 0.3) is 30.4 Å². The van der Waals surface area contributed by atoms with Gasteiger partial charge in [-0.05, 0) is 16.7 Å². The minimum absolute atomic E-state index is 0.294. The number of benzene rings is 1. The van der Waals surface area contributed by atoms with E-state index in [9.17, 15) is 25.3 Å². The van der Waals surface area contributed by atoms with Gasteiger partial charge in [0.1, 0.15) is 0 Å². The Labute approximate surface area is 141 Å². The average Bonchev–Trinajstić information content (AvgIpc) is 2.38. The van der Waals surface area contributed by atoms with Crippen molar-refractivity contribution in [3.05, 3.63) is 34.9 Å². The highest BCUT2D eigenvalue weighted by molar-refractivity contribution is 7.86. The van der Waals surface area contributed by atoms with Crippen LogP contribution in [0, 0.1) is 0 Å². The molecule has 0 aliphatic heterocycles. The first-order valence-electron chi connectivity index (χ1n) is 6.38. The van der Waals surface area contributed by atoms with E-state index >= 15 is 0 Å². The van der Waals surface area contributed by atoms with Gasteiger partial charge in [-0.15, -0.1) is 0 Å². The van der Waals surface area contributed by atoms with E-state index in [1.54, 1.807) is 0 Å². The lowest BCUT2D eigenvalue weighted by Gasteiger charge is -2.10. The van der Waals surface area contributed by atoms with Crippen LogP contribution in [0.25, 0.3) is 0 Å². The Morgan fingerprint density at radius 3 is 0.958 bits per heavy atom. The third-order valence-corrected chi connectivity index (χ3v) is 4.07. The second-order valence-corrected chi connectivity index (χ2v) is 9.99. The molecule has 0 aliphatic carbocycles. The molecule has 9 nitrogen and oxygen atoms in total. The Hall–Kier alpha value is -1.05. The first kappa shape index (κ1) is 21.0. The Morgan fingerprint density at radius 2 is 0.792 bits per heavy atom. The second-order valence-electron chi connectivity index (χ2n) is 5.06. The van der Waals surface area contributed by atoms with Crippen molar-refractivity contribution in [3.8, 4) is 0 Å². The van der Waals surface area contributed by atoms with Crippen LogP contribution in [0.5, 0.6) is 0 Å². The van der Waals surface area contributed by atoms with Crippen LogP contribution < -0.4 is 0 Å². The Kier molecular flexibility index (Phi) is 6.90. The van der Waals surface area contributed by atoms with E-state index in [0.29, 0.717) is 16.7 Å². The molecule has 0 amide bonds. The zero-order chi connectivity index (χ0) is 18.6. The van der Waals surface area contributed by atoms with Crippen molar-refractivity contribution in [2.24, 2.45) is 0 Å². The van der Waals surface area contributed by atoms with Gasteiger partial charge in [0.05, 0.1) is 38.6 Å². The summed E-state index contributed by atoms with van der Waals surface area (Å²) < 4.78 is 80.4. The van der Waals surface area contributed by atoms with E-state index in [2.05, 4.69) is 12.5 Å². The molecule has 0 saturated heterocycles. The Bertz CT molecular complexity index is 752. The molecule has 138 valence electrons. The predicted octanol–water partition coefficient (Wildman–Crippen LogP) is 0.115. The van der Waals surface area contributed by atoms with Gasteiger partial charge in [-0.25, -0.2) is 0 Å². The lowest BCUT2D eigenvalue weighted by molar-refractivity contribution is 0.301. The van der Waals surface area contributed by atoms with Crippen LogP contribution in [-0.4, -0.2) is 44.0 Å². The fourth-order valence-electron chi connectivity index (χ4n) is 1.61. The lowest BCUT2D eigenvalue weighted by Crippen LogP contribution is -2.07. The maximum Gasteiger partial charge on any atom is 0.264 e. The van der Waals surface area contributed by atoms with Crippen LogP contribution in [0.1, 0.15) is 16.7 Å². The third kappa shape index (κ3) is 9.95. The lowest BCUT2D eigenvalue weighted by atomic mass is 10.1. The fraction of sp³-hybridized carbons (Fsp3) is 0.500. The van der Waals surface area contributed by atoms with Crippen LogP contribution >= 0.6 is 0 Å². The Balaban J connectivity index is 3.03. The van der Waals surface area contributed by atoms with E-state index in [1.165, 1.54) is 18.2 Å². The van der Waals surface area contributed by atoms with Crippen molar-refractivity contribution in [1.29, 1.82) is 0 Å². The van der Waals surface area contributed by atoms with Gasteiger partial charge in [0.15, 0.2) is 0 Å². The van der Waals surface area contributed by atoms with Gasteiger partial charge in [-0.2, -0.15) is 25.3 Å². The standard InChI is InChI=1S/C12H18O9S3/c1-22(13,14)19-7-10-4-11(8-20-23(2,15)16)6-12(5-10)9-21-24(3,17)18/h4-6H,7-9H2,1-3H3. The molecular weight excluding hydrogens is 384 g/mol. The van der Waals surface area contributed by atoms with Crippen molar-refractivity contribution >= 4 is 30.4 Å². The molecule has 0 heterocycles. The van der Waals surface area contributed by atoms with Crippen LogP contribution in [0.3, 0.4) is 0 Å². The van der Waals surface area contributed by atoms with Crippen molar-refractivity contribution < 1.29 is 37.8 Å². The Morgan fingerprint density at radius 1 is 0.583 bits per heavy atom. The first-order valence-corrected chi connectivity index (χ1v) is 11.8. The SMILES string of the molecule is CS(=O)(=O)OCc1cc(COS(C)(=O)=O)cc(COS(C)(=O)=O)c1. The molecule has 1 aromatic rings. The van der Waals surface area contributed by atoms with Crippen molar-refractivity contribution in [2.45, 2.75) is 19.8 Å². The number of hydrogen-bond acceptors (Lipinski definition) is 9. The molecule has 0 atom stereocenters. The summed E-state index contributed by atoms with van der Waals surface area (Å²) in [4.78, 5) is 0. The van der Waals surface area contributed by atoms with Gasteiger partial charge < -0.3 is 0 Å². The summed E-state index contributed by atoms with van der Waals surface area (Å²) in [6.45, 7) is -0.883. The van der Waals surface area contributed by atoms with Gasteiger partial charge in [-0.1, -0.05) is 18.2 Å². The monoisotopic (exact) mass is 402 g/mol. The quantitative estimate of drug-likeness (QED) is 0.528. The maximum absolute atomic E-state index is 11.1. The van der Waals surface area contributed by atoms with Crippen molar-refractivity contribution in [2.75, 3.05) is 18.8 Å². The molecule has 24 heavy (non-hydrogen) atoms. The van der Waals surface area contributed by atoms with E-state index in [-0.39, 0.29) is 19.8 Å². The van der Waals surface area contributed by atoms with Crippen LogP contribution in [0.4, 0.5) is 0 Å². The highest BCUT2D eigenvalue weighted by Crippen LogP contribution is 2.16. The van der Waals surface area contributed by atoms with Crippen LogP contribution in [0.15, 0.2) is 18.2 Å². The van der Waals surface area contributed by atoms with Gasteiger partial charge in [0.2, 0.25) is 0 Å². The molecule has 12 heteroatoms. The minimum atomic E-state index is -3.67. The summed E-state index contributed by atoms with van der Waals surface area (Å²) in [5.74, 6) is 0. The highest BCUT2D eigenvalue weighted by atomic mass is 32.2. The number of hydrogen-bond donors (Lipinski definition) is 0. The summed E-state index contributed by atoms with van der Waals surface area (Å²) >= 11 is 0. The summed E-state index contributed by atoms with van der Waals surface area (Å²) in [6, 6.07) is 4.46. The zero-order valence-electron chi connectivity index (χ0n) is 13.3. The maximum atomic E-state index is 11.1. The molecule has 1 rings (SSSR count). The molecule has 0 radical (unpaired) electrons. The topological polar surface area (TPSA) is 130 Å². The molecule has 0 unspecified atom stereocenters. The molecule has 0 aliphatic rings. The van der Waals surface area contributed by atoms with Gasteiger partial charge in [-0.3, -0.25) is 12.5 Å². The summed E-state index contributed by atoms with van der Waals surface area (Å²) in [7, 11) is -11.0. The molecule has 1 aromatic carbocycles. The fourth-order valence-corrected chi connectivity index (χ4v) is 2.67. The average molecular weight is 402 g/mol. The number of rotatable bonds is 9. The largest absolute Gasteiger partial charge is 0.265 e. The zero-order valence-corrected chi connectivity index (χ0v) is 15.7. The highest BCUT2D eigenvalue weighted by Gasteiger charge is 2.10. The van der Waals surface area contributed by atoms with E-state index < -0.39 is 30.4 Å². The van der Waals surface area contributed by atoms with Crippen LogP contribution in [-0.2, 0) is 62.7 Å². The van der Waals surface area contributed by atoms with E-state index in [0.717, 1.165) is 18.8 Å². The molecule has 0 N–H and O–H groups in total. The summed E-state index contributed by atoms with van der Waals surface area (Å²) in [5.41, 5.74) is 1.17. The van der Waals surface area contributed by atoms with E-state index in [1.807, 2.05) is 0 Å². The normalized spacial score (nSPS) is 13.1. The van der Waals surface area contributed by atoms with Gasteiger partial charge >= 0.3 is 0 Å². The summed E-state index contributed by atoms with van der Waals surface area (Å²) in [5, 5.41) is 0. The predicted molar refractivity (Wildman–Crippen MR) is 85.3 cm³/mol. The second kappa shape index (κ2) is 7.89. The smallest absolute Gasteiger partial charge is 0.264 e. The molecule has 0 aromatic heterocycles. The first-order chi connectivity index (χ1) is 10.7. The third-order valence-electron chi connectivity index (χ3n) is 2.43. The molecule has 0 bridgehead atoms. The molecule has 0 saturated carbocycles.